The van der Waals surface area contributed by atoms with E-state index in [2.05, 4.69) is 10.6 Å². The molecule has 5 heteroatoms. The zero-order valence-corrected chi connectivity index (χ0v) is 14.9. The molecule has 1 amide bonds. The van der Waals surface area contributed by atoms with Crippen LogP contribution in [-0.2, 0) is 4.79 Å². The van der Waals surface area contributed by atoms with Crippen LogP contribution in [0.2, 0.25) is 5.02 Å². The van der Waals surface area contributed by atoms with Crippen molar-refractivity contribution in [3.63, 3.8) is 0 Å². The highest BCUT2D eigenvalue weighted by Crippen LogP contribution is 2.22. The summed E-state index contributed by atoms with van der Waals surface area (Å²) in [5.74, 6) is 1.44. The predicted octanol–water partition coefficient (Wildman–Crippen LogP) is 5.57. The molecule has 0 radical (unpaired) electrons. The first kappa shape index (κ1) is 17.8. The Morgan fingerprint density at radius 2 is 1.42 bits per heavy atom. The van der Waals surface area contributed by atoms with Crippen molar-refractivity contribution in [2.75, 3.05) is 17.2 Å². The fraction of sp³-hybridized carbons (Fsp3) is 0.0952. The molecule has 0 heterocycles. The molecule has 0 spiro atoms. The lowest BCUT2D eigenvalue weighted by Gasteiger charge is -2.09. The third-order valence-electron chi connectivity index (χ3n) is 3.64. The zero-order chi connectivity index (χ0) is 18.2. The molecule has 132 valence electrons. The quantitative estimate of drug-likeness (QED) is 0.574. The lowest BCUT2D eigenvalue weighted by Crippen LogP contribution is -2.16. The lowest BCUT2D eigenvalue weighted by molar-refractivity contribution is -0.115. The molecule has 0 unspecified atom stereocenters. The van der Waals surface area contributed by atoms with Crippen LogP contribution in [0.5, 0.6) is 11.5 Å². The summed E-state index contributed by atoms with van der Waals surface area (Å²) in [4.78, 5) is 12.0. The molecule has 3 rings (SSSR count). The number of carbonyl (C=O) groups is 1. The number of rotatable bonds is 7. The maximum atomic E-state index is 12.0. The second-order valence-electron chi connectivity index (χ2n) is 5.67. The maximum absolute atomic E-state index is 12.0. The van der Waals surface area contributed by atoms with Crippen molar-refractivity contribution in [1.29, 1.82) is 0 Å². The van der Waals surface area contributed by atoms with E-state index >= 15 is 0 Å². The molecule has 0 saturated carbocycles. The lowest BCUT2D eigenvalue weighted by atomic mass is 10.2. The maximum Gasteiger partial charge on any atom is 0.226 e. The number of ether oxygens (including phenoxy) is 1. The Bertz CT molecular complexity index is 834. The van der Waals surface area contributed by atoms with E-state index < -0.39 is 0 Å². The van der Waals surface area contributed by atoms with E-state index in [-0.39, 0.29) is 5.91 Å². The number of anilines is 2. The normalized spacial score (nSPS) is 10.2. The molecule has 0 aliphatic rings. The Morgan fingerprint density at radius 3 is 2.12 bits per heavy atom. The van der Waals surface area contributed by atoms with E-state index in [0.717, 1.165) is 22.9 Å². The van der Waals surface area contributed by atoms with E-state index in [4.69, 9.17) is 16.3 Å². The van der Waals surface area contributed by atoms with Gasteiger partial charge in [-0.1, -0.05) is 29.8 Å². The molecular weight excluding hydrogens is 348 g/mol. The van der Waals surface area contributed by atoms with E-state index in [0.29, 0.717) is 18.0 Å². The van der Waals surface area contributed by atoms with Gasteiger partial charge in [0.1, 0.15) is 11.5 Å². The van der Waals surface area contributed by atoms with Crippen LogP contribution in [0, 0.1) is 0 Å². The average Bonchev–Trinajstić information content (AvgIpc) is 2.66. The SMILES string of the molecule is O=C(CCNc1ccc(Cl)cc1)Nc1ccc(Oc2ccccc2)cc1. The van der Waals surface area contributed by atoms with Crippen LogP contribution in [0.25, 0.3) is 0 Å². The van der Waals surface area contributed by atoms with Crippen LogP contribution in [0.3, 0.4) is 0 Å². The Labute approximate surface area is 157 Å². The summed E-state index contributed by atoms with van der Waals surface area (Å²) < 4.78 is 5.73. The van der Waals surface area contributed by atoms with Crippen molar-refractivity contribution in [3.05, 3.63) is 83.9 Å². The van der Waals surface area contributed by atoms with E-state index in [9.17, 15) is 4.79 Å². The van der Waals surface area contributed by atoms with E-state index in [1.54, 1.807) is 0 Å². The van der Waals surface area contributed by atoms with Crippen molar-refractivity contribution in [2.24, 2.45) is 0 Å². The third kappa shape index (κ3) is 5.53. The summed E-state index contributed by atoms with van der Waals surface area (Å²) in [5.41, 5.74) is 1.67. The monoisotopic (exact) mass is 366 g/mol. The summed E-state index contributed by atoms with van der Waals surface area (Å²) >= 11 is 5.84. The van der Waals surface area contributed by atoms with Crippen LogP contribution in [0.4, 0.5) is 11.4 Å². The minimum absolute atomic E-state index is 0.0526. The molecule has 0 aromatic heterocycles. The zero-order valence-electron chi connectivity index (χ0n) is 14.1. The standard InChI is InChI=1S/C21H19ClN2O2/c22-16-6-8-17(9-7-16)23-15-14-21(25)24-18-10-12-20(13-11-18)26-19-4-2-1-3-5-19/h1-13,23H,14-15H2,(H,24,25). The first-order valence-electron chi connectivity index (χ1n) is 8.31. The van der Waals surface area contributed by atoms with E-state index in [1.807, 2.05) is 78.9 Å². The Kier molecular flexibility index (Phi) is 6.12. The number of para-hydroxylation sites is 1. The Morgan fingerprint density at radius 1 is 0.808 bits per heavy atom. The van der Waals surface area contributed by atoms with Gasteiger partial charge in [0.05, 0.1) is 0 Å². The molecule has 3 aromatic rings. The first-order chi connectivity index (χ1) is 12.7. The Balaban J connectivity index is 1.44. The Hall–Kier alpha value is -2.98. The van der Waals surface area contributed by atoms with Crippen LogP contribution in [0.1, 0.15) is 6.42 Å². The highest BCUT2D eigenvalue weighted by atomic mass is 35.5. The van der Waals surface area contributed by atoms with Crippen molar-refractivity contribution in [2.45, 2.75) is 6.42 Å². The van der Waals surface area contributed by atoms with Gasteiger partial charge in [0.2, 0.25) is 5.91 Å². The number of nitrogens with one attached hydrogen (secondary N) is 2. The minimum atomic E-state index is -0.0526. The molecule has 0 bridgehead atoms. The second-order valence-corrected chi connectivity index (χ2v) is 6.11. The smallest absolute Gasteiger partial charge is 0.226 e. The van der Waals surface area contributed by atoms with Crippen LogP contribution >= 0.6 is 11.6 Å². The number of hydrogen-bond donors (Lipinski definition) is 2. The average molecular weight is 367 g/mol. The van der Waals surface area contributed by atoms with E-state index in [1.165, 1.54) is 0 Å². The molecule has 26 heavy (non-hydrogen) atoms. The predicted molar refractivity (Wildman–Crippen MR) is 106 cm³/mol. The summed E-state index contributed by atoms with van der Waals surface area (Å²) in [7, 11) is 0. The number of hydrogen-bond acceptors (Lipinski definition) is 3. The van der Waals surface area contributed by atoms with Crippen molar-refractivity contribution in [1.82, 2.24) is 0 Å². The molecule has 4 nitrogen and oxygen atoms in total. The van der Waals surface area contributed by atoms with Crippen LogP contribution in [-0.4, -0.2) is 12.5 Å². The molecule has 0 aliphatic heterocycles. The number of halogens is 1. The molecule has 2 N–H and O–H groups in total. The largest absolute Gasteiger partial charge is 0.457 e. The molecular formula is C21H19ClN2O2. The summed E-state index contributed by atoms with van der Waals surface area (Å²) in [6, 6.07) is 24.2. The fourth-order valence-corrected chi connectivity index (χ4v) is 2.47. The van der Waals surface area contributed by atoms with Crippen molar-refractivity contribution < 1.29 is 9.53 Å². The van der Waals surface area contributed by atoms with Gasteiger partial charge in [0.15, 0.2) is 0 Å². The van der Waals surface area contributed by atoms with Gasteiger partial charge in [-0.05, 0) is 60.7 Å². The topological polar surface area (TPSA) is 50.4 Å². The highest BCUT2D eigenvalue weighted by molar-refractivity contribution is 6.30. The molecule has 0 aliphatic carbocycles. The van der Waals surface area contributed by atoms with Crippen molar-refractivity contribution in [3.8, 4) is 11.5 Å². The van der Waals surface area contributed by atoms with Gasteiger partial charge in [-0.2, -0.15) is 0 Å². The van der Waals surface area contributed by atoms with Gasteiger partial charge >= 0.3 is 0 Å². The van der Waals surface area contributed by atoms with Crippen LogP contribution < -0.4 is 15.4 Å². The summed E-state index contributed by atoms with van der Waals surface area (Å²) in [5, 5.41) is 6.75. The first-order valence-corrected chi connectivity index (χ1v) is 8.69. The minimum Gasteiger partial charge on any atom is -0.457 e. The highest BCUT2D eigenvalue weighted by Gasteiger charge is 2.03. The van der Waals surface area contributed by atoms with Crippen molar-refractivity contribution >= 4 is 28.9 Å². The number of benzene rings is 3. The van der Waals surface area contributed by atoms with Gasteiger partial charge in [0.25, 0.3) is 0 Å². The molecule has 0 atom stereocenters. The van der Waals surface area contributed by atoms with Gasteiger partial charge < -0.3 is 15.4 Å². The molecule has 0 fully saturated rings. The molecule has 3 aromatic carbocycles. The summed E-state index contributed by atoms with van der Waals surface area (Å²) in [6.07, 6.45) is 0.366. The fourth-order valence-electron chi connectivity index (χ4n) is 2.34. The van der Waals surface area contributed by atoms with Gasteiger partial charge in [0, 0.05) is 29.4 Å². The second kappa shape index (κ2) is 8.92. The molecule has 0 saturated heterocycles. The van der Waals surface area contributed by atoms with Gasteiger partial charge in [-0.3, -0.25) is 4.79 Å². The van der Waals surface area contributed by atoms with Gasteiger partial charge in [-0.25, -0.2) is 0 Å². The number of amides is 1. The third-order valence-corrected chi connectivity index (χ3v) is 3.89. The van der Waals surface area contributed by atoms with Crippen LogP contribution in [0.15, 0.2) is 78.9 Å². The number of carbonyl (C=O) groups excluding carboxylic acids is 1. The summed E-state index contributed by atoms with van der Waals surface area (Å²) in [6.45, 7) is 0.544. The van der Waals surface area contributed by atoms with Gasteiger partial charge in [-0.15, -0.1) is 0 Å².